The first-order valence-corrected chi connectivity index (χ1v) is 13.5. The van der Waals surface area contributed by atoms with E-state index in [0.717, 1.165) is 9.87 Å². The summed E-state index contributed by atoms with van der Waals surface area (Å²) >= 11 is 11.9. The number of rotatable bonds is 10. The maximum atomic E-state index is 13.8. The number of methoxy groups -OCH3 is 1. The van der Waals surface area contributed by atoms with Gasteiger partial charge in [0.15, 0.2) is 0 Å². The van der Waals surface area contributed by atoms with Crippen molar-refractivity contribution in [1.29, 1.82) is 0 Å². The number of sulfonamides is 1. The lowest BCUT2D eigenvalue weighted by Gasteiger charge is -2.21. The maximum Gasteiger partial charge on any atom is 0.243 e. The number of amides is 1. The molecule has 0 unspecified atom stereocenters. The Kier molecular flexibility index (Phi) is 8.80. The van der Waals surface area contributed by atoms with Crippen LogP contribution in [0.15, 0.2) is 83.9 Å². The van der Waals surface area contributed by atoms with E-state index < -0.39 is 28.3 Å². The van der Waals surface area contributed by atoms with Crippen molar-refractivity contribution >= 4 is 45.1 Å². The molecule has 0 fully saturated rings. The van der Waals surface area contributed by atoms with Crippen molar-refractivity contribution in [3.05, 3.63) is 94.9 Å². The van der Waals surface area contributed by atoms with E-state index in [1.807, 2.05) is 30.3 Å². The molecule has 198 valence electrons. The fourth-order valence-electron chi connectivity index (χ4n) is 3.61. The predicted octanol–water partition coefficient (Wildman–Crippen LogP) is 5.26. The Labute approximate surface area is 229 Å². The Bertz CT molecular complexity index is 1530. The lowest BCUT2D eigenvalue weighted by Crippen LogP contribution is -2.40. The number of hydrogen-bond donors (Lipinski definition) is 1. The molecule has 3 aromatic carbocycles. The van der Waals surface area contributed by atoms with Crippen LogP contribution in [0.3, 0.4) is 0 Å². The molecule has 12 heteroatoms. The topological polar surface area (TPSA) is 93.5 Å². The smallest absolute Gasteiger partial charge is 0.243 e. The van der Waals surface area contributed by atoms with Crippen LogP contribution in [0.4, 0.5) is 10.3 Å². The summed E-state index contributed by atoms with van der Waals surface area (Å²) in [6.07, 6.45) is 1.67. The van der Waals surface area contributed by atoms with Crippen LogP contribution >= 0.6 is 23.2 Å². The molecule has 4 aromatic rings. The van der Waals surface area contributed by atoms with Crippen LogP contribution in [0.2, 0.25) is 10.0 Å². The number of nitrogens with zero attached hydrogens (tertiary/aromatic N) is 3. The molecule has 38 heavy (non-hydrogen) atoms. The average Bonchev–Trinajstić information content (AvgIpc) is 3.32. The minimum absolute atomic E-state index is 0.0142. The molecule has 0 bridgehead atoms. The van der Waals surface area contributed by atoms with Gasteiger partial charge < -0.3 is 4.74 Å². The first kappa shape index (κ1) is 27.7. The second-order valence-electron chi connectivity index (χ2n) is 8.12. The molecule has 0 aliphatic rings. The van der Waals surface area contributed by atoms with Gasteiger partial charge in [-0.3, -0.25) is 14.7 Å². The van der Waals surface area contributed by atoms with Crippen molar-refractivity contribution in [1.82, 2.24) is 13.9 Å². The van der Waals surface area contributed by atoms with Gasteiger partial charge in [0.25, 0.3) is 0 Å². The molecule has 1 amide bonds. The van der Waals surface area contributed by atoms with Crippen LogP contribution in [0.5, 0.6) is 0 Å². The third-order valence-electron chi connectivity index (χ3n) is 5.52. The molecule has 8 nitrogen and oxygen atoms in total. The first-order valence-electron chi connectivity index (χ1n) is 11.3. The number of nitrogens with one attached hydrogen (secondary N) is 1. The Morgan fingerprint density at radius 3 is 2.45 bits per heavy atom. The van der Waals surface area contributed by atoms with Crippen molar-refractivity contribution < 1.29 is 22.3 Å². The molecule has 1 heterocycles. The molecule has 0 atom stereocenters. The van der Waals surface area contributed by atoms with Crippen molar-refractivity contribution in [2.24, 2.45) is 0 Å². The number of carbonyl (C=O) groups is 1. The Morgan fingerprint density at radius 2 is 1.79 bits per heavy atom. The van der Waals surface area contributed by atoms with E-state index in [1.54, 1.807) is 10.8 Å². The molecule has 0 saturated carbocycles. The van der Waals surface area contributed by atoms with Crippen molar-refractivity contribution in [2.45, 2.75) is 4.90 Å². The summed E-state index contributed by atoms with van der Waals surface area (Å²) in [7, 11) is -2.61. The molecule has 0 radical (unpaired) electrons. The molecule has 1 aromatic heterocycles. The molecule has 0 saturated heterocycles. The highest BCUT2D eigenvalue weighted by atomic mass is 35.5. The third-order valence-corrected chi connectivity index (χ3v) is 7.93. The Morgan fingerprint density at radius 1 is 1.08 bits per heavy atom. The summed E-state index contributed by atoms with van der Waals surface area (Å²) in [5.74, 6) is -1.13. The van der Waals surface area contributed by atoms with Crippen LogP contribution in [0, 0.1) is 5.82 Å². The second kappa shape index (κ2) is 12.1. The number of imidazole rings is 1. The van der Waals surface area contributed by atoms with Crippen LogP contribution in [-0.4, -0.2) is 55.0 Å². The Balaban J connectivity index is 1.65. The predicted molar refractivity (Wildman–Crippen MR) is 145 cm³/mol. The fraction of sp³-hybridized carbons (Fsp3) is 0.154. The van der Waals surface area contributed by atoms with Crippen molar-refractivity contribution in [3.63, 3.8) is 0 Å². The van der Waals surface area contributed by atoms with Gasteiger partial charge >= 0.3 is 0 Å². The van der Waals surface area contributed by atoms with Gasteiger partial charge in [-0.1, -0.05) is 53.5 Å². The highest BCUT2D eigenvalue weighted by molar-refractivity contribution is 7.89. The van der Waals surface area contributed by atoms with E-state index in [0.29, 0.717) is 16.4 Å². The van der Waals surface area contributed by atoms with E-state index in [2.05, 4.69) is 10.3 Å². The van der Waals surface area contributed by atoms with Crippen molar-refractivity contribution in [3.8, 4) is 16.9 Å². The average molecular weight is 577 g/mol. The molecule has 0 spiro atoms. The van der Waals surface area contributed by atoms with Crippen LogP contribution < -0.4 is 5.32 Å². The normalized spacial score (nSPS) is 11.6. The zero-order valence-electron chi connectivity index (χ0n) is 20.1. The molecule has 0 aliphatic heterocycles. The summed E-state index contributed by atoms with van der Waals surface area (Å²) in [5.41, 5.74) is 1.76. The molecule has 1 N–H and O–H groups in total. The van der Waals surface area contributed by atoms with Gasteiger partial charge in [0.1, 0.15) is 5.82 Å². The zero-order valence-corrected chi connectivity index (χ0v) is 22.5. The lowest BCUT2D eigenvalue weighted by molar-refractivity contribution is -0.116. The number of carbonyl (C=O) groups excluding carboxylic acids is 1. The quantitative estimate of drug-likeness (QED) is 0.278. The van der Waals surface area contributed by atoms with Gasteiger partial charge in [-0.05, 0) is 42.5 Å². The number of ether oxygens (including phenoxy) is 1. The summed E-state index contributed by atoms with van der Waals surface area (Å²) in [6, 6.07) is 19.0. The number of halogens is 3. The third kappa shape index (κ3) is 6.40. The van der Waals surface area contributed by atoms with Crippen LogP contribution in [-0.2, 0) is 19.6 Å². The largest absolute Gasteiger partial charge is 0.383 e. The van der Waals surface area contributed by atoms with Crippen molar-refractivity contribution in [2.75, 3.05) is 32.1 Å². The first-order chi connectivity index (χ1) is 18.2. The minimum atomic E-state index is -4.04. The van der Waals surface area contributed by atoms with Gasteiger partial charge in [0.2, 0.25) is 21.9 Å². The Hall–Kier alpha value is -3.28. The molecular weight excluding hydrogens is 554 g/mol. The highest BCUT2D eigenvalue weighted by Gasteiger charge is 2.27. The van der Waals surface area contributed by atoms with Gasteiger partial charge in [-0.25, -0.2) is 17.8 Å². The van der Waals surface area contributed by atoms with E-state index in [4.69, 9.17) is 27.9 Å². The van der Waals surface area contributed by atoms with E-state index >= 15 is 0 Å². The van der Waals surface area contributed by atoms with Crippen LogP contribution in [0.1, 0.15) is 0 Å². The van der Waals surface area contributed by atoms with E-state index in [1.165, 1.54) is 49.6 Å². The summed E-state index contributed by atoms with van der Waals surface area (Å²) in [4.78, 5) is 17.7. The lowest BCUT2D eigenvalue weighted by atomic mass is 10.2. The molecule has 4 rings (SSSR count). The number of aromatic nitrogens is 2. The summed E-state index contributed by atoms with van der Waals surface area (Å²) in [6.45, 7) is -0.501. The van der Waals surface area contributed by atoms with Gasteiger partial charge in [-0.2, -0.15) is 4.31 Å². The summed E-state index contributed by atoms with van der Waals surface area (Å²) in [5, 5.41) is 2.96. The fourth-order valence-corrected chi connectivity index (χ4v) is 5.29. The maximum absolute atomic E-state index is 13.8. The highest BCUT2D eigenvalue weighted by Crippen LogP contribution is 2.27. The monoisotopic (exact) mass is 576 g/mol. The van der Waals surface area contributed by atoms with E-state index in [-0.39, 0.29) is 29.0 Å². The van der Waals surface area contributed by atoms with Gasteiger partial charge in [-0.15, -0.1) is 0 Å². The number of benzene rings is 3. The van der Waals surface area contributed by atoms with Crippen LogP contribution in [0.25, 0.3) is 16.9 Å². The summed E-state index contributed by atoms with van der Waals surface area (Å²) < 4.78 is 47.9. The van der Waals surface area contributed by atoms with E-state index in [9.17, 15) is 17.6 Å². The minimum Gasteiger partial charge on any atom is -0.383 e. The number of hydrogen-bond acceptors (Lipinski definition) is 5. The van der Waals surface area contributed by atoms with Gasteiger partial charge in [0.05, 0.1) is 34.5 Å². The SMILES string of the molecule is COCCN(CC(=O)Nc1nc(-c2ccccc2)cn1-c1ccc(F)c(Cl)c1)S(=O)(=O)c1ccc(Cl)cc1. The standard InChI is InChI=1S/C26H23Cl2FN4O4S/c1-37-14-13-32(38(35,36)21-10-7-19(27)8-11-21)17-25(34)31-26-30-24(18-5-3-2-4-6-18)16-33(26)20-9-12-23(29)22(28)15-20/h2-12,15-16H,13-14,17H2,1H3,(H,30,31,34). The molecular formula is C26H23Cl2FN4O4S. The zero-order chi connectivity index (χ0) is 27.3. The van der Waals surface area contributed by atoms with Gasteiger partial charge in [0, 0.05) is 30.4 Å². The number of anilines is 1. The molecule has 0 aliphatic carbocycles. The second-order valence-corrected chi connectivity index (χ2v) is 10.9.